The molecule has 1 aliphatic rings. The molecule has 0 spiro atoms. The van der Waals surface area contributed by atoms with Crippen molar-refractivity contribution >= 4 is 11.3 Å². The predicted molar refractivity (Wildman–Crippen MR) is 71.9 cm³/mol. The van der Waals surface area contributed by atoms with Crippen molar-refractivity contribution in [3.63, 3.8) is 0 Å². The highest BCUT2D eigenvalue weighted by Crippen LogP contribution is 2.19. The molecule has 0 saturated heterocycles. The molecule has 0 aliphatic heterocycles. The topological polar surface area (TPSA) is 12.0 Å². The molecule has 0 saturated carbocycles. The van der Waals surface area contributed by atoms with Crippen LogP contribution >= 0.6 is 11.3 Å². The van der Waals surface area contributed by atoms with E-state index in [1.165, 1.54) is 42.5 Å². The van der Waals surface area contributed by atoms with Gasteiger partial charge >= 0.3 is 0 Å². The van der Waals surface area contributed by atoms with E-state index in [2.05, 4.69) is 29.8 Å². The molecule has 88 valence electrons. The third-order valence-corrected chi connectivity index (χ3v) is 4.28. The van der Waals surface area contributed by atoms with Crippen molar-refractivity contribution in [2.45, 2.75) is 45.6 Å². The fourth-order valence-corrected chi connectivity index (χ4v) is 3.04. The molecule has 1 heterocycles. The second-order valence-corrected chi connectivity index (χ2v) is 5.56. The van der Waals surface area contributed by atoms with Crippen molar-refractivity contribution in [2.75, 3.05) is 6.54 Å². The van der Waals surface area contributed by atoms with Crippen molar-refractivity contribution in [2.24, 2.45) is 0 Å². The fraction of sp³-hybridized carbons (Fsp3) is 0.571. The average Bonchev–Trinajstić information content (AvgIpc) is 2.72. The lowest BCUT2D eigenvalue weighted by atomic mass is 9.97. The van der Waals surface area contributed by atoms with Crippen LogP contribution in [0, 0.1) is 6.92 Å². The minimum atomic E-state index is 1.04. The maximum absolute atomic E-state index is 3.55. The van der Waals surface area contributed by atoms with Gasteiger partial charge in [0.1, 0.15) is 0 Å². The smallest absolute Gasteiger partial charge is 0.0302 e. The van der Waals surface area contributed by atoms with Crippen LogP contribution in [0.3, 0.4) is 0 Å². The van der Waals surface area contributed by atoms with Gasteiger partial charge in [0.15, 0.2) is 0 Å². The van der Waals surface area contributed by atoms with Crippen LogP contribution < -0.4 is 5.32 Å². The maximum Gasteiger partial charge on any atom is 0.0302 e. The highest BCUT2D eigenvalue weighted by molar-refractivity contribution is 7.10. The zero-order valence-corrected chi connectivity index (χ0v) is 10.9. The van der Waals surface area contributed by atoms with E-state index in [4.69, 9.17) is 0 Å². The number of hydrogen-bond acceptors (Lipinski definition) is 2. The van der Waals surface area contributed by atoms with E-state index in [-0.39, 0.29) is 0 Å². The summed E-state index contributed by atoms with van der Waals surface area (Å²) in [4.78, 5) is 1.48. The van der Waals surface area contributed by atoms with Gasteiger partial charge in [0.05, 0.1) is 0 Å². The molecule has 0 radical (unpaired) electrons. The molecule has 0 atom stereocenters. The summed E-state index contributed by atoms with van der Waals surface area (Å²) < 4.78 is 0. The van der Waals surface area contributed by atoms with Crippen LogP contribution in [0.4, 0.5) is 0 Å². The molecule has 0 unspecified atom stereocenters. The lowest BCUT2D eigenvalue weighted by Gasteiger charge is -2.12. The first-order valence-electron chi connectivity index (χ1n) is 6.28. The van der Waals surface area contributed by atoms with Crippen LogP contribution in [0.5, 0.6) is 0 Å². The summed E-state index contributed by atoms with van der Waals surface area (Å²) in [5, 5.41) is 5.72. The van der Waals surface area contributed by atoms with Gasteiger partial charge in [-0.05, 0) is 62.6 Å². The van der Waals surface area contributed by atoms with E-state index in [1.54, 1.807) is 5.57 Å². The summed E-state index contributed by atoms with van der Waals surface area (Å²) in [7, 11) is 0. The maximum atomic E-state index is 3.55. The molecule has 1 N–H and O–H groups in total. The number of allylic oxidation sites excluding steroid dienone is 1. The van der Waals surface area contributed by atoms with Crippen molar-refractivity contribution in [3.05, 3.63) is 33.5 Å². The van der Waals surface area contributed by atoms with Gasteiger partial charge in [-0.2, -0.15) is 0 Å². The van der Waals surface area contributed by atoms with E-state index in [0.29, 0.717) is 0 Å². The van der Waals surface area contributed by atoms with Crippen LogP contribution in [-0.2, 0) is 6.54 Å². The average molecular weight is 235 g/mol. The fourth-order valence-electron chi connectivity index (χ4n) is 2.17. The predicted octanol–water partition coefficient (Wildman–Crippen LogP) is 4.04. The Bertz CT molecular complexity index is 351. The minimum Gasteiger partial charge on any atom is -0.312 e. The standard InChI is InChI=1S/C14H21NS/c1-12-8-10-16-14(12)11-15-9-7-13-5-3-2-4-6-13/h5,8,10,15H,2-4,6-7,9,11H2,1H3. The van der Waals surface area contributed by atoms with E-state index in [1.807, 2.05) is 11.3 Å². The van der Waals surface area contributed by atoms with Gasteiger partial charge in [-0.1, -0.05) is 11.6 Å². The second-order valence-electron chi connectivity index (χ2n) is 4.56. The van der Waals surface area contributed by atoms with Crippen LogP contribution in [0.1, 0.15) is 42.5 Å². The van der Waals surface area contributed by atoms with Crippen molar-refractivity contribution in [3.8, 4) is 0 Å². The first-order chi connectivity index (χ1) is 7.86. The Hall–Kier alpha value is -0.600. The molecule has 1 aliphatic carbocycles. The molecule has 1 aromatic heterocycles. The molecule has 1 nitrogen and oxygen atoms in total. The van der Waals surface area contributed by atoms with E-state index in [0.717, 1.165) is 13.1 Å². The SMILES string of the molecule is Cc1ccsc1CNCCC1=CCCCC1. The first kappa shape index (κ1) is 11.9. The zero-order valence-electron chi connectivity index (χ0n) is 10.1. The molecule has 0 fully saturated rings. The third-order valence-electron chi connectivity index (χ3n) is 3.26. The first-order valence-corrected chi connectivity index (χ1v) is 7.16. The van der Waals surface area contributed by atoms with Gasteiger partial charge in [0.2, 0.25) is 0 Å². The number of thiophene rings is 1. The second kappa shape index (κ2) is 6.21. The van der Waals surface area contributed by atoms with Crippen molar-refractivity contribution < 1.29 is 0 Å². The van der Waals surface area contributed by atoms with Gasteiger partial charge in [-0.3, -0.25) is 0 Å². The van der Waals surface area contributed by atoms with Crippen molar-refractivity contribution in [1.29, 1.82) is 0 Å². The summed E-state index contributed by atoms with van der Waals surface area (Å²) in [5.41, 5.74) is 3.09. The summed E-state index contributed by atoms with van der Waals surface area (Å²) >= 11 is 1.86. The van der Waals surface area contributed by atoms with E-state index in [9.17, 15) is 0 Å². The number of nitrogens with one attached hydrogen (secondary N) is 1. The molecule has 0 bridgehead atoms. The summed E-state index contributed by atoms with van der Waals surface area (Å²) in [6, 6.07) is 2.20. The summed E-state index contributed by atoms with van der Waals surface area (Å²) in [6.45, 7) is 4.36. The largest absolute Gasteiger partial charge is 0.312 e. The van der Waals surface area contributed by atoms with Gasteiger partial charge < -0.3 is 5.32 Å². The quantitative estimate of drug-likeness (QED) is 0.600. The Morgan fingerprint density at radius 1 is 1.38 bits per heavy atom. The zero-order chi connectivity index (χ0) is 11.2. The number of aryl methyl sites for hydroxylation is 1. The van der Waals surface area contributed by atoms with Crippen LogP contribution in [-0.4, -0.2) is 6.54 Å². The monoisotopic (exact) mass is 235 g/mol. The Morgan fingerprint density at radius 2 is 2.31 bits per heavy atom. The Labute approximate surface area is 103 Å². The lowest BCUT2D eigenvalue weighted by molar-refractivity contribution is 0.634. The minimum absolute atomic E-state index is 1.04. The Morgan fingerprint density at radius 3 is 3.00 bits per heavy atom. The molecule has 0 aromatic carbocycles. The Kier molecular flexibility index (Phi) is 4.61. The molecule has 2 heteroatoms. The molecule has 0 amide bonds. The molecule has 2 rings (SSSR count). The summed E-state index contributed by atoms with van der Waals surface area (Å²) in [5.74, 6) is 0. The van der Waals surface area contributed by atoms with Crippen LogP contribution in [0.25, 0.3) is 0 Å². The van der Waals surface area contributed by atoms with Gasteiger partial charge in [0.25, 0.3) is 0 Å². The van der Waals surface area contributed by atoms with E-state index >= 15 is 0 Å². The van der Waals surface area contributed by atoms with E-state index < -0.39 is 0 Å². The van der Waals surface area contributed by atoms with Gasteiger partial charge in [0, 0.05) is 11.4 Å². The van der Waals surface area contributed by atoms with Crippen LogP contribution in [0.15, 0.2) is 23.1 Å². The van der Waals surface area contributed by atoms with Crippen molar-refractivity contribution in [1.82, 2.24) is 5.32 Å². The number of hydrogen-bond donors (Lipinski definition) is 1. The normalized spacial score (nSPS) is 16.2. The molecule has 1 aromatic rings. The van der Waals surface area contributed by atoms with Gasteiger partial charge in [-0.15, -0.1) is 11.3 Å². The number of rotatable bonds is 5. The lowest BCUT2D eigenvalue weighted by Crippen LogP contribution is -2.15. The highest BCUT2D eigenvalue weighted by atomic mass is 32.1. The molecular formula is C14H21NS. The Balaban J connectivity index is 1.65. The molecular weight excluding hydrogens is 214 g/mol. The highest BCUT2D eigenvalue weighted by Gasteiger charge is 2.03. The summed E-state index contributed by atoms with van der Waals surface area (Å²) in [6.07, 6.45) is 9.12. The van der Waals surface area contributed by atoms with Gasteiger partial charge in [-0.25, -0.2) is 0 Å². The molecule has 16 heavy (non-hydrogen) atoms. The third kappa shape index (κ3) is 3.46. The van der Waals surface area contributed by atoms with Crippen LogP contribution in [0.2, 0.25) is 0 Å².